The molecule has 5 nitrogen and oxygen atoms in total. The van der Waals surface area contributed by atoms with Crippen molar-refractivity contribution in [3.05, 3.63) is 90.6 Å². The van der Waals surface area contributed by atoms with Crippen LogP contribution in [0.5, 0.6) is 5.75 Å². The minimum absolute atomic E-state index is 0.0288. The number of para-hydroxylation sites is 1. The van der Waals surface area contributed by atoms with Crippen molar-refractivity contribution in [3.63, 3.8) is 0 Å². The number of ether oxygens (including phenoxy) is 1. The summed E-state index contributed by atoms with van der Waals surface area (Å²) in [4.78, 5) is 24.4. The lowest BCUT2D eigenvalue weighted by atomic mass is 10.2. The lowest BCUT2D eigenvalue weighted by Gasteiger charge is -2.14. The highest BCUT2D eigenvalue weighted by Crippen LogP contribution is 2.18. The maximum atomic E-state index is 12.4. The molecule has 214 valence electrons. The van der Waals surface area contributed by atoms with Crippen molar-refractivity contribution in [3.8, 4) is 5.75 Å². The summed E-state index contributed by atoms with van der Waals surface area (Å²) < 4.78 is 5.14. The first kappa shape index (κ1) is 34.0. The van der Waals surface area contributed by atoms with Crippen molar-refractivity contribution in [2.75, 3.05) is 18.9 Å². The number of hydrogen-bond donors (Lipinski definition) is 2. The van der Waals surface area contributed by atoms with Crippen LogP contribution in [0.3, 0.4) is 0 Å². The Hall–Kier alpha value is -2.99. The quantitative estimate of drug-likeness (QED) is 0.0914. The summed E-state index contributed by atoms with van der Waals surface area (Å²) >= 11 is 1.68. The van der Waals surface area contributed by atoms with Crippen molar-refractivity contribution in [2.24, 2.45) is 0 Å². The Morgan fingerprint density at radius 2 is 1.46 bits per heavy atom. The maximum Gasteiger partial charge on any atom is 0.341 e. The van der Waals surface area contributed by atoms with Crippen LogP contribution >= 0.6 is 11.8 Å². The molecule has 0 spiro atoms. The second-order valence-electron chi connectivity index (χ2n) is 8.92. The molecule has 6 heteroatoms. The summed E-state index contributed by atoms with van der Waals surface area (Å²) in [5.74, 6) is 0.198. The van der Waals surface area contributed by atoms with E-state index in [9.17, 15) is 14.7 Å². The van der Waals surface area contributed by atoms with Gasteiger partial charge in [0.25, 0.3) is 0 Å². The Kier molecular flexibility index (Phi) is 21.0. The Balaban J connectivity index is 2.05. The van der Waals surface area contributed by atoms with E-state index in [1.54, 1.807) is 23.9 Å². The molecule has 0 fully saturated rings. The molecular formula is C33H47NO4S. The second-order valence-corrected chi connectivity index (χ2v) is 10.2. The number of carbonyl (C=O) groups is 2. The molecule has 39 heavy (non-hydrogen) atoms. The van der Waals surface area contributed by atoms with Crippen molar-refractivity contribution >= 4 is 23.6 Å². The molecule has 1 unspecified atom stereocenters. The van der Waals surface area contributed by atoms with E-state index in [2.05, 4.69) is 73.0 Å². The summed E-state index contributed by atoms with van der Waals surface area (Å²) in [6.07, 6.45) is 31.2. The molecule has 0 heterocycles. The normalized spacial score (nSPS) is 12.9. The van der Waals surface area contributed by atoms with E-state index in [0.29, 0.717) is 0 Å². The third-order valence-electron chi connectivity index (χ3n) is 5.66. The molecular weight excluding hydrogens is 506 g/mol. The fourth-order valence-corrected chi connectivity index (χ4v) is 4.62. The van der Waals surface area contributed by atoms with Gasteiger partial charge in [0, 0.05) is 0 Å². The van der Waals surface area contributed by atoms with Crippen molar-refractivity contribution < 1.29 is 19.4 Å². The van der Waals surface area contributed by atoms with Gasteiger partial charge in [-0.05, 0) is 75.7 Å². The predicted octanol–water partition coefficient (Wildman–Crippen LogP) is 8.10. The van der Waals surface area contributed by atoms with Crippen LogP contribution in [-0.2, 0) is 9.53 Å². The van der Waals surface area contributed by atoms with E-state index in [-0.39, 0.29) is 35.6 Å². The average molecular weight is 554 g/mol. The zero-order valence-electron chi connectivity index (χ0n) is 23.7. The third-order valence-corrected chi connectivity index (χ3v) is 7.14. The molecule has 0 aliphatic heterocycles. The number of benzene rings is 1. The van der Waals surface area contributed by atoms with Crippen molar-refractivity contribution in [2.45, 2.75) is 76.9 Å². The average Bonchev–Trinajstić information content (AvgIpc) is 2.94. The number of rotatable bonds is 21. The maximum absolute atomic E-state index is 12.4. The molecule has 0 saturated carbocycles. The summed E-state index contributed by atoms with van der Waals surface area (Å²) in [6, 6.07) is 6.23. The summed E-state index contributed by atoms with van der Waals surface area (Å²) in [5.41, 5.74) is 0.121. The lowest BCUT2D eigenvalue weighted by Crippen LogP contribution is -2.35. The highest BCUT2D eigenvalue weighted by Gasteiger charge is 2.16. The molecule has 0 aromatic heterocycles. The Bertz CT molecular complexity index is 949. The molecule has 0 aliphatic rings. The molecule has 0 saturated heterocycles. The van der Waals surface area contributed by atoms with E-state index in [0.717, 1.165) is 63.5 Å². The summed E-state index contributed by atoms with van der Waals surface area (Å²) in [7, 11) is 0. The molecule has 0 bridgehead atoms. The largest absolute Gasteiger partial charge is 0.507 e. The van der Waals surface area contributed by atoms with Crippen LogP contribution in [0.1, 0.15) is 82.0 Å². The van der Waals surface area contributed by atoms with Gasteiger partial charge in [0.1, 0.15) is 17.9 Å². The summed E-state index contributed by atoms with van der Waals surface area (Å²) in [5, 5.41) is 12.4. The van der Waals surface area contributed by atoms with Crippen LogP contribution in [0.15, 0.2) is 85.0 Å². The number of unbranched alkanes of at least 4 members (excludes halogenated alkanes) is 2. The van der Waals surface area contributed by atoms with Crippen LogP contribution in [0.2, 0.25) is 0 Å². The van der Waals surface area contributed by atoms with Crippen molar-refractivity contribution in [1.82, 2.24) is 5.32 Å². The number of phenolic OH excluding ortho intramolecular Hbond substituents is 1. The van der Waals surface area contributed by atoms with Gasteiger partial charge in [0.05, 0.1) is 11.8 Å². The fourth-order valence-electron chi connectivity index (χ4n) is 3.49. The number of nitrogens with one attached hydrogen (secondary N) is 1. The number of carbonyl (C=O) groups excluding carboxylic acids is 2. The van der Waals surface area contributed by atoms with Crippen molar-refractivity contribution in [1.29, 1.82) is 0 Å². The van der Waals surface area contributed by atoms with Crippen LogP contribution in [-0.4, -0.2) is 41.1 Å². The zero-order chi connectivity index (χ0) is 28.4. The van der Waals surface area contributed by atoms with Gasteiger partial charge < -0.3 is 15.2 Å². The number of aromatic hydroxyl groups is 1. The zero-order valence-corrected chi connectivity index (χ0v) is 24.5. The summed E-state index contributed by atoms with van der Waals surface area (Å²) in [6.45, 7) is 4.47. The topological polar surface area (TPSA) is 75.6 Å². The van der Waals surface area contributed by atoms with Gasteiger partial charge in [-0.25, -0.2) is 4.79 Å². The predicted molar refractivity (Wildman–Crippen MR) is 166 cm³/mol. The number of phenols is 1. The van der Waals surface area contributed by atoms with Gasteiger partial charge in [-0.2, -0.15) is 0 Å². The smallest absolute Gasteiger partial charge is 0.341 e. The number of esters is 1. The van der Waals surface area contributed by atoms with Gasteiger partial charge in [-0.1, -0.05) is 86.7 Å². The van der Waals surface area contributed by atoms with Crippen LogP contribution in [0.4, 0.5) is 0 Å². The molecule has 1 atom stereocenters. The Morgan fingerprint density at radius 1 is 0.872 bits per heavy atom. The standard InChI is InChI=1S/C33H47NO4S/c1-3-5-6-7-8-9-10-11-12-13-14-15-16-17-18-19-20-23-28-39-31(4-2)32(36)34-26-27-38-33(37)29-24-21-22-25-30(29)35/h5-6,8-9,11-12,14-15,17-18,21-22,24-25,31,35H,3-4,7,10,13,16,19-20,23,26-28H2,1-2H3,(H,34,36)/b6-5-,9-8-,12-11-,15-14-,18-17-. The first-order valence-corrected chi connectivity index (χ1v) is 15.2. The number of thioether (sulfide) groups is 1. The molecule has 0 radical (unpaired) electrons. The minimum Gasteiger partial charge on any atom is -0.507 e. The molecule has 1 aromatic carbocycles. The fraction of sp³-hybridized carbons (Fsp3) is 0.455. The first-order chi connectivity index (χ1) is 19.1. The highest BCUT2D eigenvalue weighted by atomic mass is 32.2. The van der Waals surface area contributed by atoms with Crippen LogP contribution < -0.4 is 5.32 Å². The van der Waals surface area contributed by atoms with Crippen LogP contribution in [0.25, 0.3) is 0 Å². The van der Waals surface area contributed by atoms with Crippen LogP contribution in [0, 0.1) is 0 Å². The van der Waals surface area contributed by atoms with Gasteiger partial charge >= 0.3 is 5.97 Å². The molecule has 0 aliphatic carbocycles. The molecule has 2 N–H and O–H groups in total. The molecule has 1 amide bonds. The first-order valence-electron chi connectivity index (χ1n) is 14.2. The van der Waals surface area contributed by atoms with E-state index in [4.69, 9.17) is 4.74 Å². The van der Waals surface area contributed by atoms with Gasteiger partial charge in [-0.15, -0.1) is 11.8 Å². The Labute approximate surface area is 240 Å². The SMILES string of the molecule is CC/C=C\C/C=C\C/C=C\C/C=C\C/C=C\CCCCSC(CC)C(=O)NCCOC(=O)c1ccccc1O. The third kappa shape index (κ3) is 18.0. The van der Waals surface area contributed by atoms with Gasteiger partial charge in [0.2, 0.25) is 5.91 Å². The minimum atomic E-state index is -0.601. The highest BCUT2D eigenvalue weighted by molar-refractivity contribution is 8.00. The van der Waals surface area contributed by atoms with Gasteiger partial charge in [-0.3, -0.25) is 4.79 Å². The van der Waals surface area contributed by atoms with E-state index >= 15 is 0 Å². The molecule has 1 aromatic rings. The van der Waals surface area contributed by atoms with E-state index in [1.807, 2.05) is 6.92 Å². The second kappa shape index (κ2) is 24.1. The van der Waals surface area contributed by atoms with E-state index in [1.165, 1.54) is 12.1 Å². The van der Waals surface area contributed by atoms with E-state index < -0.39 is 5.97 Å². The Morgan fingerprint density at radius 3 is 2.05 bits per heavy atom. The number of amides is 1. The molecule has 1 rings (SSSR count). The van der Waals surface area contributed by atoms with Gasteiger partial charge in [0.15, 0.2) is 0 Å². The lowest BCUT2D eigenvalue weighted by molar-refractivity contribution is -0.120. The number of allylic oxidation sites excluding steroid dienone is 10. The monoisotopic (exact) mass is 553 g/mol. The number of hydrogen-bond acceptors (Lipinski definition) is 5.